The molecule has 0 bridgehead atoms. The predicted octanol–water partition coefficient (Wildman–Crippen LogP) is 4.68. The number of benzene rings is 2. The van der Waals surface area contributed by atoms with Gasteiger partial charge in [-0.15, -0.1) is 0 Å². The SMILES string of the molecule is O=[N+]([O-])/C(Cl)=C/c1ccc(OCc2ccccc2)c(I)c1. The number of hydrogen-bond acceptors (Lipinski definition) is 3. The van der Waals surface area contributed by atoms with E-state index < -0.39 is 10.1 Å². The Morgan fingerprint density at radius 3 is 2.62 bits per heavy atom. The fraction of sp³-hybridized carbons (Fsp3) is 0.0667. The van der Waals surface area contributed by atoms with Crippen LogP contribution in [0.25, 0.3) is 6.08 Å². The van der Waals surface area contributed by atoms with E-state index in [1.165, 1.54) is 6.08 Å². The smallest absolute Gasteiger partial charge is 0.337 e. The Morgan fingerprint density at radius 1 is 1.29 bits per heavy atom. The molecule has 0 aliphatic rings. The first-order chi connectivity index (χ1) is 10.1. The van der Waals surface area contributed by atoms with Crippen LogP contribution < -0.4 is 4.74 Å². The molecular weight excluding hydrogens is 405 g/mol. The number of rotatable bonds is 5. The summed E-state index contributed by atoms with van der Waals surface area (Å²) in [6, 6.07) is 15.1. The summed E-state index contributed by atoms with van der Waals surface area (Å²) in [6.07, 6.45) is 1.31. The molecule has 0 amide bonds. The van der Waals surface area contributed by atoms with Crippen LogP contribution in [0.3, 0.4) is 0 Å². The van der Waals surface area contributed by atoms with Gasteiger partial charge < -0.3 is 4.74 Å². The number of nitrogens with zero attached hydrogens (tertiary/aromatic N) is 1. The van der Waals surface area contributed by atoms with Crippen molar-refractivity contribution in [2.45, 2.75) is 6.61 Å². The first-order valence-electron chi connectivity index (χ1n) is 6.04. The molecule has 0 aliphatic carbocycles. The van der Waals surface area contributed by atoms with Gasteiger partial charge in [-0.05, 0) is 57.5 Å². The maximum atomic E-state index is 10.5. The van der Waals surface area contributed by atoms with E-state index in [0.29, 0.717) is 12.2 Å². The first-order valence-corrected chi connectivity index (χ1v) is 7.50. The van der Waals surface area contributed by atoms with Gasteiger partial charge in [-0.1, -0.05) is 36.4 Å². The molecule has 0 N–H and O–H groups in total. The average molecular weight is 416 g/mol. The van der Waals surface area contributed by atoms with Crippen molar-refractivity contribution in [2.75, 3.05) is 0 Å². The highest BCUT2D eigenvalue weighted by Crippen LogP contribution is 2.24. The summed E-state index contributed by atoms with van der Waals surface area (Å²) >= 11 is 7.64. The molecular formula is C15H11ClINO3. The van der Waals surface area contributed by atoms with Crippen LogP contribution in [0, 0.1) is 13.7 Å². The highest BCUT2D eigenvalue weighted by atomic mass is 127. The van der Waals surface area contributed by atoms with Gasteiger partial charge in [0.25, 0.3) is 0 Å². The summed E-state index contributed by atoms with van der Waals surface area (Å²) in [4.78, 5) is 9.86. The maximum absolute atomic E-state index is 10.5. The van der Waals surface area contributed by atoms with Gasteiger partial charge in [-0.25, -0.2) is 0 Å². The van der Waals surface area contributed by atoms with E-state index in [4.69, 9.17) is 16.3 Å². The minimum Gasteiger partial charge on any atom is -0.488 e. The van der Waals surface area contributed by atoms with Crippen molar-refractivity contribution in [1.82, 2.24) is 0 Å². The molecule has 0 spiro atoms. The Hall–Kier alpha value is -1.60. The van der Waals surface area contributed by atoms with Gasteiger partial charge in [-0.2, -0.15) is 0 Å². The van der Waals surface area contributed by atoms with Crippen molar-refractivity contribution < 1.29 is 9.66 Å². The monoisotopic (exact) mass is 415 g/mol. The number of hydrogen-bond donors (Lipinski definition) is 0. The van der Waals surface area contributed by atoms with Gasteiger partial charge in [-0.3, -0.25) is 10.1 Å². The Morgan fingerprint density at radius 2 is 2.00 bits per heavy atom. The van der Waals surface area contributed by atoms with E-state index >= 15 is 0 Å². The van der Waals surface area contributed by atoms with E-state index in [9.17, 15) is 10.1 Å². The fourth-order valence-corrected chi connectivity index (χ4v) is 2.47. The van der Waals surface area contributed by atoms with Gasteiger partial charge in [0.15, 0.2) is 0 Å². The average Bonchev–Trinajstić information content (AvgIpc) is 2.47. The van der Waals surface area contributed by atoms with Gasteiger partial charge in [0.1, 0.15) is 12.4 Å². The highest BCUT2D eigenvalue weighted by molar-refractivity contribution is 14.1. The summed E-state index contributed by atoms with van der Waals surface area (Å²) in [5.74, 6) is 0.730. The molecule has 6 heteroatoms. The lowest BCUT2D eigenvalue weighted by atomic mass is 10.2. The fourth-order valence-electron chi connectivity index (χ4n) is 1.65. The second-order valence-electron chi connectivity index (χ2n) is 4.19. The molecule has 0 saturated heterocycles. The van der Waals surface area contributed by atoms with Crippen molar-refractivity contribution in [3.63, 3.8) is 0 Å². The minimum atomic E-state index is -0.631. The van der Waals surface area contributed by atoms with Crippen molar-refractivity contribution in [3.05, 3.63) is 78.5 Å². The Balaban J connectivity index is 2.09. The summed E-state index contributed by atoms with van der Waals surface area (Å²) in [6.45, 7) is 0.474. The second kappa shape index (κ2) is 7.42. The molecule has 2 aromatic rings. The van der Waals surface area contributed by atoms with E-state index in [-0.39, 0.29) is 0 Å². The third-order valence-electron chi connectivity index (χ3n) is 2.65. The van der Waals surface area contributed by atoms with Crippen molar-refractivity contribution in [2.24, 2.45) is 0 Å². The van der Waals surface area contributed by atoms with E-state index in [0.717, 1.165) is 14.9 Å². The molecule has 108 valence electrons. The molecule has 0 atom stereocenters. The van der Waals surface area contributed by atoms with Crippen molar-refractivity contribution >= 4 is 40.3 Å². The normalized spacial score (nSPS) is 11.2. The van der Waals surface area contributed by atoms with Gasteiger partial charge >= 0.3 is 5.16 Å². The Bertz CT molecular complexity index is 674. The standard InChI is InChI=1S/C15H11ClINO3/c16-15(18(19)20)9-12-6-7-14(13(17)8-12)21-10-11-4-2-1-3-5-11/h1-9H,10H2/b15-9+. The summed E-state index contributed by atoms with van der Waals surface area (Å²) in [5.41, 5.74) is 1.74. The molecule has 0 aliphatic heterocycles. The van der Waals surface area contributed by atoms with Gasteiger partial charge in [0, 0.05) is 6.08 Å². The molecule has 2 rings (SSSR count). The molecule has 0 radical (unpaired) electrons. The number of nitro groups is 1. The van der Waals surface area contributed by atoms with Crippen LogP contribution in [-0.2, 0) is 6.61 Å². The summed E-state index contributed by atoms with van der Waals surface area (Å²) in [7, 11) is 0. The molecule has 2 aromatic carbocycles. The van der Waals surface area contributed by atoms with Crippen LogP contribution in [0.1, 0.15) is 11.1 Å². The lowest BCUT2D eigenvalue weighted by Crippen LogP contribution is -1.97. The zero-order chi connectivity index (χ0) is 15.2. The topological polar surface area (TPSA) is 52.4 Å². The van der Waals surface area contributed by atoms with E-state index in [2.05, 4.69) is 22.6 Å². The lowest BCUT2D eigenvalue weighted by molar-refractivity contribution is -0.410. The molecule has 0 heterocycles. The second-order valence-corrected chi connectivity index (χ2v) is 5.74. The zero-order valence-corrected chi connectivity index (χ0v) is 13.7. The molecule has 0 unspecified atom stereocenters. The third-order valence-corrected chi connectivity index (χ3v) is 3.74. The third kappa shape index (κ3) is 4.71. The Kier molecular flexibility index (Phi) is 5.58. The van der Waals surface area contributed by atoms with Crippen molar-refractivity contribution in [1.29, 1.82) is 0 Å². The molecule has 21 heavy (non-hydrogen) atoms. The lowest BCUT2D eigenvalue weighted by Gasteiger charge is -2.08. The molecule has 0 saturated carbocycles. The van der Waals surface area contributed by atoms with Crippen LogP contribution in [0.4, 0.5) is 0 Å². The zero-order valence-electron chi connectivity index (χ0n) is 10.8. The van der Waals surface area contributed by atoms with Gasteiger partial charge in [0.2, 0.25) is 0 Å². The summed E-state index contributed by atoms with van der Waals surface area (Å²) < 4.78 is 6.60. The van der Waals surface area contributed by atoms with Crippen molar-refractivity contribution in [3.8, 4) is 5.75 Å². The van der Waals surface area contributed by atoms with Crippen LogP contribution in [0.15, 0.2) is 53.7 Å². The van der Waals surface area contributed by atoms with Crippen LogP contribution in [0.5, 0.6) is 5.75 Å². The molecule has 4 nitrogen and oxygen atoms in total. The van der Waals surface area contributed by atoms with E-state index in [1.807, 2.05) is 30.3 Å². The number of ether oxygens (including phenoxy) is 1. The minimum absolute atomic E-state index is 0.413. The first kappa shape index (κ1) is 15.8. The van der Waals surface area contributed by atoms with E-state index in [1.54, 1.807) is 18.2 Å². The predicted molar refractivity (Wildman–Crippen MR) is 90.8 cm³/mol. The van der Waals surface area contributed by atoms with Crippen LogP contribution >= 0.6 is 34.2 Å². The molecule has 0 fully saturated rings. The maximum Gasteiger partial charge on any atom is 0.337 e. The molecule has 0 aromatic heterocycles. The quantitative estimate of drug-likeness (QED) is 0.308. The van der Waals surface area contributed by atoms with Crippen LogP contribution in [-0.4, -0.2) is 4.92 Å². The van der Waals surface area contributed by atoms with Crippen LogP contribution in [0.2, 0.25) is 0 Å². The Labute approximate surface area is 140 Å². The largest absolute Gasteiger partial charge is 0.488 e. The number of halogens is 2. The van der Waals surface area contributed by atoms with Gasteiger partial charge in [0.05, 0.1) is 8.49 Å². The highest BCUT2D eigenvalue weighted by Gasteiger charge is 2.07. The summed E-state index contributed by atoms with van der Waals surface area (Å²) in [5, 5.41) is 10.1.